The van der Waals surface area contributed by atoms with Crippen LogP contribution in [0.2, 0.25) is 0 Å². The summed E-state index contributed by atoms with van der Waals surface area (Å²) in [4.78, 5) is 4.18. The van der Waals surface area contributed by atoms with Crippen LogP contribution in [0.5, 0.6) is 0 Å². The van der Waals surface area contributed by atoms with Crippen LogP contribution in [0.1, 0.15) is 37.3 Å². The topological polar surface area (TPSA) is 17.8 Å². The summed E-state index contributed by atoms with van der Waals surface area (Å²) in [6, 6.07) is 8.57. The lowest BCUT2D eigenvalue weighted by Gasteiger charge is -2.28. The normalized spacial score (nSPS) is 13.6. The van der Waals surface area contributed by atoms with E-state index in [4.69, 9.17) is 0 Å². The van der Waals surface area contributed by atoms with E-state index in [1.165, 1.54) is 11.1 Å². The van der Waals surface area contributed by atoms with Crippen LogP contribution in [-0.2, 0) is 0 Å². The molecular formula is C15H20N2S. The van der Waals surface area contributed by atoms with Crippen molar-refractivity contribution in [2.45, 2.75) is 37.8 Å². The number of thioether (sulfide) groups is 1. The Morgan fingerprint density at radius 1 is 1.22 bits per heavy atom. The fourth-order valence-electron chi connectivity index (χ4n) is 1.89. The zero-order chi connectivity index (χ0) is 13.2. The van der Waals surface area contributed by atoms with Gasteiger partial charge in [-0.25, -0.2) is 4.98 Å². The Kier molecular flexibility index (Phi) is 3.81. The largest absolute Gasteiger partial charge is 0.321 e. The van der Waals surface area contributed by atoms with Crippen LogP contribution in [0.4, 0.5) is 0 Å². The number of imidazole rings is 1. The minimum atomic E-state index is 0.206. The Balaban J connectivity index is 2.40. The van der Waals surface area contributed by atoms with Gasteiger partial charge in [0, 0.05) is 17.1 Å². The number of rotatable bonds is 3. The molecule has 0 aliphatic rings. The summed E-state index contributed by atoms with van der Waals surface area (Å²) in [5, 5.41) is 0.286. The van der Waals surface area contributed by atoms with Gasteiger partial charge in [-0.3, -0.25) is 0 Å². The number of aromatic nitrogens is 2. The number of hydrogen-bond donors (Lipinski definition) is 0. The lowest BCUT2D eigenvalue weighted by atomic mass is 10.1. The first-order valence-electron chi connectivity index (χ1n) is 6.18. The van der Waals surface area contributed by atoms with Crippen molar-refractivity contribution in [1.82, 2.24) is 9.55 Å². The van der Waals surface area contributed by atoms with Gasteiger partial charge in [-0.15, -0.1) is 11.8 Å². The van der Waals surface area contributed by atoms with E-state index in [1.807, 2.05) is 30.5 Å². The van der Waals surface area contributed by atoms with Crippen LogP contribution in [0.25, 0.3) is 0 Å². The van der Waals surface area contributed by atoms with E-state index in [0.29, 0.717) is 0 Å². The predicted molar refractivity (Wildman–Crippen MR) is 78.9 cm³/mol. The summed E-state index contributed by atoms with van der Waals surface area (Å²) < 4.78 is 2.38. The molecule has 2 aromatic rings. The summed E-state index contributed by atoms with van der Waals surface area (Å²) >= 11 is 1.95. The molecule has 96 valence electrons. The standard InChI is InChI=1S/C15H20N2S/c1-12-7-5-6-8-13(12)14(18-15(2,3)4)17-10-9-16-11-17/h5-11,14H,1-4H3. The van der Waals surface area contributed by atoms with Gasteiger partial charge in [0.25, 0.3) is 0 Å². The second kappa shape index (κ2) is 5.19. The Bertz CT molecular complexity index is 497. The van der Waals surface area contributed by atoms with E-state index in [0.717, 1.165) is 0 Å². The first-order chi connectivity index (χ1) is 8.47. The van der Waals surface area contributed by atoms with Crippen LogP contribution >= 0.6 is 11.8 Å². The fraction of sp³-hybridized carbons (Fsp3) is 0.400. The van der Waals surface area contributed by atoms with Gasteiger partial charge in [0.2, 0.25) is 0 Å². The maximum atomic E-state index is 4.18. The molecule has 1 heterocycles. The number of nitrogens with zero attached hydrogens (tertiary/aromatic N) is 2. The second-order valence-corrected chi connectivity index (χ2v) is 7.36. The summed E-state index contributed by atoms with van der Waals surface area (Å²) in [5.41, 5.74) is 2.68. The number of hydrogen-bond acceptors (Lipinski definition) is 2. The van der Waals surface area contributed by atoms with E-state index in [9.17, 15) is 0 Å². The van der Waals surface area contributed by atoms with Crippen LogP contribution in [0.3, 0.4) is 0 Å². The highest BCUT2D eigenvalue weighted by Gasteiger charge is 2.22. The average Bonchev–Trinajstić information content (AvgIpc) is 2.79. The van der Waals surface area contributed by atoms with E-state index in [2.05, 4.69) is 61.5 Å². The van der Waals surface area contributed by atoms with Gasteiger partial charge in [-0.2, -0.15) is 0 Å². The van der Waals surface area contributed by atoms with E-state index in [1.54, 1.807) is 0 Å². The number of aryl methyl sites for hydroxylation is 1. The van der Waals surface area contributed by atoms with Crippen molar-refractivity contribution in [3.63, 3.8) is 0 Å². The van der Waals surface area contributed by atoms with Gasteiger partial charge in [0.15, 0.2) is 0 Å². The summed E-state index contributed by atoms with van der Waals surface area (Å²) in [5.74, 6) is 0. The van der Waals surface area contributed by atoms with Gasteiger partial charge in [0.05, 0.1) is 6.33 Å². The van der Waals surface area contributed by atoms with Gasteiger partial charge in [0.1, 0.15) is 5.37 Å². The first kappa shape index (κ1) is 13.2. The second-order valence-electron chi connectivity index (χ2n) is 5.45. The highest BCUT2D eigenvalue weighted by molar-refractivity contribution is 8.00. The third-order valence-electron chi connectivity index (χ3n) is 2.72. The molecule has 1 aromatic heterocycles. The van der Waals surface area contributed by atoms with Crippen molar-refractivity contribution in [3.8, 4) is 0 Å². The molecule has 18 heavy (non-hydrogen) atoms. The summed E-state index contributed by atoms with van der Waals surface area (Å²) in [6.45, 7) is 8.92. The molecular weight excluding hydrogens is 240 g/mol. The average molecular weight is 260 g/mol. The maximum Gasteiger partial charge on any atom is 0.106 e. The third-order valence-corrected chi connectivity index (χ3v) is 4.14. The Morgan fingerprint density at radius 3 is 2.50 bits per heavy atom. The van der Waals surface area contributed by atoms with Gasteiger partial charge < -0.3 is 4.57 Å². The zero-order valence-electron chi connectivity index (χ0n) is 11.4. The maximum absolute atomic E-state index is 4.18. The molecule has 0 amide bonds. The highest BCUT2D eigenvalue weighted by atomic mass is 32.2. The molecule has 1 atom stereocenters. The number of benzene rings is 1. The molecule has 0 saturated heterocycles. The Morgan fingerprint density at radius 2 is 1.94 bits per heavy atom. The molecule has 1 aromatic carbocycles. The van der Waals surface area contributed by atoms with E-state index >= 15 is 0 Å². The van der Waals surface area contributed by atoms with Gasteiger partial charge >= 0.3 is 0 Å². The Hall–Kier alpha value is -1.22. The molecule has 3 heteroatoms. The minimum Gasteiger partial charge on any atom is -0.321 e. The zero-order valence-corrected chi connectivity index (χ0v) is 12.2. The molecule has 0 bridgehead atoms. The van der Waals surface area contributed by atoms with Crippen molar-refractivity contribution in [2.75, 3.05) is 0 Å². The Labute approximate surface area is 113 Å². The van der Waals surface area contributed by atoms with Crippen LogP contribution in [0.15, 0.2) is 43.0 Å². The first-order valence-corrected chi connectivity index (χ1v) is 7.06. The molecule has 0 spiro atoms. The van der Waals surface area contributed by atoms with Crippen molar-refractivity contribution >= 4 is 11.8 Å². The molecule has 2 nitrogen and oxygen atoms in total. The predicted octanol–water partition coefficient (Wildman–Crippen LogP) is 4.27. The summed E-state index contributed by atoms with van der Waals surface area (Å²) in [7, 11) is 0. The fourth-order valence-corrected chi connectivity index (χ4v) is 3.20. The molecule has 0 aliphatic carbocycles. The van der Waals surface area contributed by atoms with E-state index < -0.39 is 0 Å². The minimum absolute atomic E-state index is 0.206. The summed E-state index contributed by atoms with van der Waals surface area (Å²) in [6.07, 6.45) is 5.78. The molecule has 1 unspecified atom stereocenters. The lowest BCUT2D eigenvalue weighted by Crippen LogP contribution is -2.16. The molecule has 2 rings (SSSR count). The monoisotopic (exact) mass is 260 g/mol. The van der Waals surface area contributed by atoms with Crippen molar-refractivity contribution in [1.29, 1.82) is 0 Å². The molecule has 0 radical (unpaired) electrons. The van der Waals surface area contributed by atoms with Gasteiger partial charge in [-0.1, -0.05) is 45.0 Å². The lowest BCUT2D eigenvalue weighted by molar-refractivity contribution is 0.732. The molecule has 0 N–H and O–H groups in total. The molecule has 0 fully saturated rings. The smallest absolute Gasteiger partial charge is 0.106 e. The van der Waals surface area contributed by atoms with Crippen molar-refractivity contribution in [2.24, 2.45) is 0 Å². The van der Waals surface area contributed by atoms with E-state index in [-0.39, 0.29) is 10.1 Å². The SMILES string of the molecule is Cc1ccccc1C(SC(C)(C)C)n1ccnc1. The highest BCUT2D eigenvalue weighted by Crippen LogP contribution is 2.40. The van der Waals surface area contributed by atoms with Crippen LogP contribution < -0.4 is 0 Å². The van der Waals surface area contributed by atoms with Crippen molar-refractivity contribution < 1.29 is 0 Å². The molecule has 0 aliphatic heterocycles. The molecule has 0 saturated carbocycles. The van der Waals surface area contributed by atoms with Crippen molar-refractivity contribution in [3.05, 3.63) is 54.1 Å². The quantitative estimate of drug-likeness (QED) is 0.820. The van der Waals surface area contributed by atoms with Gasteiger partial charge in [-0.05, 0) is 18.1 Å². The third kappa shape index (κ3) is 3.16. The van der Waals surface area contributed by atoms with Crippen LogP contribution in [0, 0.1) is 6.92 Å². The van der Waals surface area contributed by atoms with Crippen LogP contribution in [-0.4, -0.2) is 14.3 Å².